The van der Waals surface area contributed by atoms with Gasteiger partial charge >= 0.3 is 0 Å². The van der Waals surface area contributed by atoms with Gasteiger partial charge in [0, 0.05) is 6.07 Å². The lowest BCUT2D eigenvalue weighted by atomic mass is 10.2. The van der Waals surface area contributed by atoms with Crippen molar-refractivity contribution < 1.29 is 24.5 Å². The summed E-state index contributed by atoms with van der Waals surface area (Å²) in [7, 11) is 0. The molecule has 0 spiro atoms. The van der Waals surface area contributed by atoms with E-state index in [2.05, 4.69) is 10.5 Å². The Morgan fingerprint density at radius 2 is 1.95 bits per heavy atom. The summed E-state index contributed by atoms with van der Waals surface area (Å²) in [5.41, 5.74) is 3.03. The highest BCUT2D eigenvalue weighted by Crippen LogP contribution is 2.31. The SMILES string of the molecule is O=C(N/N=C\c1ccc2c(c1)OCO2)c1ccc(O)cc1O. The van der Waals surface area contributed by atoms with Gasteiger partial charge in [-0.1, -0.05) is 0 Å². The molecule has 0 unspecified atom stereocenters. The predicted molar refractivity (Wildman–Crippen MR) is 77.4 cm³/mol. The summed E-state index contributed by atoms with van der Waals surface area (Å²) in [5.74, 6) is 0.241. The lowest BCUT2D eigenvalue weighted by molar-refractivity contribution is 0.0952. The molecule has 3 N–H and O–H groups in total. The minimum Gasteiger partial charge on any atom is -0.508 e. The average molecular weight is 300 g/mol. The van der Waals surface area contributed by atoms with E-state index >= 15 is 0 Å². The van der Waals surface area contributed by atoms with Gasteiger partial charge in [0.05, 0.1) is 11.8 Å². The monoisotopic (exact) mass is 300 g/mol. The molecule has 0 saturated carbocycles. The fourth-order valence-electron chi connectivity index (χ4n) is 1.93. The highest BCUT2D eigenvalue weighted by molar-refractivity contribution is 5.97. The maximum atomic E-state index is 11.8. The Hall–Kier alpha value is -3.22. The second-order valence-electron chi connectivity index (χ2n) is 4.51. The normalized spacial score (nSPS) is 12.5. The molecule has 1 aliphatic rings. The molecule has 22 heavy (non-hydrogen) atoms. The van der Waals surface area contributed by atoms with Crippen molar-refractivity contribution in [1.29, 1.82) is 0 Å². The Morgan fingerprint density at radius 3 is 2.77 bits per heavy atom. The molecule has 1 heterocycles. The molecular weight excluding hydrogens is 288 g/mol. The van der Waals surface area contributed by atoms with Crippen molar-refractivity contribution in [3.63, 3.8) is 0 Å². The van der Waals surface area contributed by atoms with E-state index in [4.69, 9.17) is 9.47 Å². The zero-order chi connectivity index (χ0) is 15.5. The van der Waals surface area contributed by atoms with Crippen LogP contribution in [0.2, 0.25) is 0 Å². The van der Waals surface area contributed by atoms with Crippen molar-refractivity contribution in [1.82, 2.24) is 5.43 Å². The summed E-state index contributed by atoms with van der Waals surface area (Å²) in [6.07, 6.45) is 1.44. The fraction of sp³-hybridized carbons (Fsp3) is 0.0667. The van der Waals surface area contributed by atoms with Crippen LogP contribution in [-0.2, 0) is 0 Å². The summed E-state index contributed by atoms with van der Waals surface area (Å²) in [6.45, 7) is 0.187. The van der Waals surface area contributed by atoms with Gasteiger partial charge in [0.1, 0.15) is 11.5 Å². The van der Waals surface area contributed by atoms with E-state index in [-0.39, 0.29) is 23.9 Å². The van der Waals surface area contributed by atoms with Gasteiger partial charge in [0.2, 0.25) is 6.79 Å². The number of phenolic OH excluding ortho intramolecular Hbond substituents is 2. The number of hydrazone groups is 1. The van der Waals surface area contributed by atoms with Crippen LogP contribution < -0.4 is 14.9 Å². The molecule has 1 aliphatic heterocycles. The van der Waals surface area contributed by atoms with E-state index < -0.39 is 5.91 Å². The number of benzene rings is 2. The first-order valence-corrected chi connectivity index (χ1v) is 6.38. The van der Waals surface area contributed by atoms with E-state index in [0.29, 0.717) is 11.5 Å². The van der Waals surface area contributed by atoms with Crippen molar-refractivity contribution in [2.45, 2.75) is 0 Å². The van der Waals surface area contributed by atoms with Crippen molar-refractivity contribution in [2.24, 2.45) is 5.10 Å². The van der Waals surface area contributed by atoms with Crippen LogP contribution in [0.15, 0.2) is 41.5 Å². The smallest absolute Gasteiger partial charge is 0.275 e. The quantitative estimate of drug-likeness (QED) is 0.590. The van der Waals surface area contributed by atoms with Crippen molar-refractivity contribution in [3.8, 4) is 23.0 Å². The first-order valence-electron chi connectivity index (χ1n) is 6.38. The lowest BCUT2D eigenvalue weighted by Crippen LogP contribution is -2.17. The number of carbonyl (C=O) groups is 1. The maximum absolute atomic E-state index is 11.8. The van der Waals surface area contributed by atoms with Crippen LogP contribution in [0.25, 0.3) is 0 Å². The molecule has 2 aromatic carbocycles. The standard InChI is InChI=1S/C15H12N2O5/c18-10-2-3-11(12(19)6-10)15(20)17-16-7-9-1-4-13-14(5-9)22-8-21-13/h1-7,18-19H,8H2,(H,17,20)/b16-7-. The number of hydrogen-bond donors (Lipinski definition) is 3. The zero-order valence-electron chi connectivity index (χ0n) is 11.3. The number of nitrogens with zero attached hydrogens (tertiary/aromatic N) is 1. The molecule has 0 bridgehead atoms. The molecule has 0 atom stereocenters. The van der Waals surface area contributed by atoms with Gasteiger partial charge in [0.15, 0.2) is 11.5 Å². The molecule has 2 aromatic rings. The summed E-state index contributed by atoms with van der Waals surface area (Å²) in [6, 6.07) is 8.93. The summed E-state index contributed by atoms with van der Waals surface area (Å²) in [5, 5.41) is 22.6. The molecule has 1 amide bonds. The second kappa shape index (κ2) is 5.65. The summed E-state index contributed by atoms with van der Waals surface area (Å²) in [4.78, 5) is 11.8. The third-order valence-electron chi connectivity index (χ3n) is 3.00. The molecule has 0 radical (unpaired) electrons. The number of amides is 1. The van der Waals surface area contributed by atoms with E-state index in [1.54, 1.807) is 18.2 Å². The third kappa shape index (κ3) is 2.78. The van der Waals surface area contributed by atoms with Gasteiger partial charge in [-0.05, 0) is 35.9 Å². The molecular formula is C15H12N2O5. The number of aromatic hydroxyl groups is 2. The molecule has 0 fully saturated rings. The molecule has 0 aromatic heterocycles. The maximum Gasteiger partial charge on any atom is 0.275 e. The highest BCUT2D eigenvalue weighted by Gasteiger charge is 2.13. The molecule has 7 heteroatoms. The number of fused-ring (bicyclic) bond motifs is 1. The van der Waals surface area contributed by atoms with Crippen LogP contribution in [0, 0.1) is 0 Å². The summed E-state index contributed by atoms with van der Waals surface area (Å²) >= 11 is 0. The van der Waals surface area contributed by atoms with Gasteiger partial charge in [-0.3, -0.25) is 4.79 Å². The number of rotatable bonds is 3. The second-order valence-corrected chi connectivity index (χ2v) is 4.51. The van der Waals surface area contributed by atoms with Crippen molar-refractivity contribution in [2.75, 3.05) is 6.79 Å². The Bertz CT molecular complexity index is 758. The number of phenols is 2. The van der Waals surface area contributed by atoms with Crippen LogP contribution >= 0.6 is 0 Å². The van der Waals surface area contributed by atoms with Crippen LogP contribution in [0.3, 0.4) is 0 Å². The van der Waals surface area contributed by atoms with Crippen LogP contribution in [0.4, 0.5) is 0 Å². The molecule has 112 valence electrons. The van der Waals surface area contributed by atoms with Gasteiger partial charge in [-0.15, -0.1) is 0 Å². The first kappa shape index (κ1) is 13.7. The Kier molecular flexibility index (Phi) is 3.53. The van der Waals surface area contributed by atoms with Gasteiger partial charge in [0.25, 0.3) is 5.91 Å². The number of ether oxygens (including phenoxy) is 2. The minimum atomic E-state index is -0.588. The Balaban J connectivity index is 1.68. The highest BCUT2D eigenvalue weighted by atomic mass is 16.7. The van der Waals surface area contributed by atoms with Gasteiger partial charge in [-0.2, -0.15) is 5.10 Å². The largest absolute Gasteiger partial charge is 0.508 e. The minimum absolute atomic E-state index is 0.0145. The molecule has 0 aliphatic carbocycles. The first-order chi connectivity index (χ1) is 10.6. The average Bonchev–Trinajstić information content (AvgIpc) is 2.94. The molecule has 7 nitrogen and oxygen atoms in total. The van der Waals surface area contributed by atoms with Crippen LogP contribution in [0.5, 0.6) is 23.0 Å². The topological polar surface area (TPSA) is 100 Å². The van der Waals surface area contributed by atoms with Gasteiger partial charge < -0.3 is 19.7 Å². The lowest BCUT2D eigenvalue weighted by Gasteiger charge is -2.03. The fourth-order valence-corrected chi connectivity index (χ4v) is 1.93. The Labute approximate surface area is 125 Å². The van der Waals surface area contributed by atoms with Crippen molar-refractivity contribution >= 4 is 12.1 Å². The third-order valence-corrected chi connectivity index (χ3v) is 3.00. The molecule has 0 saturated heterocycles. The Morgan fingerprint density at radius 1 is 1.14 bits per heavy atom. The molecule has 3 rings (SSSR count). The van der Waals surface area contributed by atoms with E-state index in [0.717, 1.165) is 11.6 Å². The van der Waals surface area contributed by atoms with E-state index in [1.165, 1.54) is 18.3 Å². The van der Waals surface area contributed by atoms with Crippen LogP contribution in [0.1, 0.15) is 15.9 Å². The number of hydrogen-bond acceptors (Lipinski definition) is 6. The van der Waals surface area contributed by atoms with E-state index in [1.807, 2.05) is 0 Å². The van der Waals surface area contributed by atoms with Crippen LogP contribution in [-0.4, -0.2) is 29.1 Å². The predicted octanol–water partition coefficient (Wildman–Crippen LogP) is 1.59. The summed E-state index contributed by atoms with van der Waals surface area (Å²) < 4.78 is 10.4. The van der Waals surface area contributed by atoms with Gasteiger partial charge in [-0.25, -0.2) is 5.43 Å². The number of carbonyl (C=O) groups excluding carboxylic acids is 1. The zero-order valence-corrected chi connectivity index (χ0v) is 11.3. The van der Waals surface area contributed by atoms with Crippen molar-refractivity contribution in [3.05, 3.63) is 47.5 Å². The number of nitrogens with one attached hydrogen (secondary N) is 1. The van der Waals surface area contributed by atoms with E-state index in [9.17, 15) is 15.0 Å².